The van der Waals surface area contributed by atoms with Crippen LogP contribution in [-0.4, -0.2) is 36.2 Å². The van der Waals surface area contributed by atoms with E-state index in [9.17, 15) is 4.79 Å². The van der Waals surface area contributed by atoms with Gasteiger partial charge in [-0.05, 0) is 66.0 Å². The zero-order chi connectivity index (χ0) is 22.6. The Kier molecular flexibility index (Phi) is 6.87. The Bertz CT molecular complexity index is 917. The van der Waals surface area contributed by atoms with Crippen LogP contribution in [0.25, 0.3) is 11.1 Å². The standard InChI is InChI=1S/C27H37N3O2/c1-26(2,18-28)19-29-16-22-7-6-8-24(15-22)23-11-9-21(10-12-23)17-30-20-27(32-25(30)31)13-4-3-5-14-27/h6-12,15,29H,3-5,13-14,16-20,28H2,1-2H3. The van der Waals surface area contributed by atoms with Crippen molar-refractivity contribution in [3.8, 4) is 11.1 Å². The van der Waals surface area contributed by atoms with Crippen LogP contribution in [0, 0.1) is 5.41 Å². The van der Waals surface area contributed by atoms with Crippen LogP contribution in [0.1, 0.15) is 57.1 Å². The molecule has 0 unspecified atom stereocenters. The fourth-order valence-corrected chi connectivity index (χ4v) is 4.77. The summed E-state index contributed by atoms with van der Waals surface area (Å²) in [7, 11) is 0. The van der Waals surface area contributed by atoms with Crippen molar-refractivity contribution in [2.24, 2.45) is 11.1 Å². The average molecular weight is 436 g/mol. The molecule has 1 amide bonds. The number of rotatable bonds is 8. The van der Waals surface area contributed by atoms with Gasteiger partial charge in [0.2, 0.25) is 0 Å². The molecule has 1 saturated carbocycles. The van der Waals surface area contributed by atoms with E-state index in [1.54, 1.807) is 0 Å². The molecule has 2 aliphatic rings. The van der Waals surface area contributed by atoms with Crippen molar-refractivity contribution in [3.05, 3.63) is 59.7 Å². The van der Waals surface area contributed by atoms with Gasteiger partial charge in [0, 0.05) is 19.6 Å². The van der Waals surface area contributed by atoms with E-state index in [-0.39, 0.29) is 17.1 Å². The Hall–Kier alpha value is -2.37. The van der Waals surface area contributed by atoms with E-state index in [4.69, 9.17) is 10.5 Å². The van der Waals surface area contributed by atoms with Crippen molar-refractivity contribution in [2.45, 2.75) is 64.6 Å². The summed E-state index contributed by atoms with van der Waals surface area (Å²) < 4.78 is 5.82. The van der Waals surface area contributed by atoms with E-state index in [0.29, 0.717) is 13.1 Å². The second-order valence-electron chi connectivity index (χ2n) is 10.3. The van der Waals surface area contributed by atoms with Gasteiger partial charge < -0.3 is 15.8 Å². The lowest BCUT2D eigenvalue weighted by Gasteiger charge is -2.30. The molecule has 2 fully saturated rings. The number of carbonyl (C=O) groups is 1. The largest absolute Gasteiger partial charge is 0.441 e. The first-order chi connectivity index (χ1) is 15.4. The van der Waals surface area contributed by atoms with Gasteiger partial charge in [-0.1, -0.05) is 62.7 Å². The van der Waals surface area contributed by atoms with Crippen molar-refractivity contribution in [1.82, 2.24) is 10.2 Å². The van der Waals surface area contributed by atoms with Crippen molar-refractivity contribution >= 4 is 6.09 Å². The summed E-state index contributed by atoms with van der Waals surface area (Å²) in [6, 6.07) is 17.2. The van der Waals surface area contributed by atoms with E-state index in [2.05, 4.69) is 67.7 Å². The molecule has 1 aliphatic carbocycles. The van der Waals surface area contributed by atoms with Gasteiger partial charge in [0.1, 0.15) is 5.60 Å². The predicted octanol–water partition coefficient (Wildman–Crippen LogP) is 5.08. The smallest absolute Gasteiger partial charge is 0.410 e. The maximum atomic E-state index is 12.4. The van der Waals surface area contributed by atoms with Gasteiger partial charge >= 0.3 is 6.09 Å². The summed E-state index contributed by atoms with van der Waals surface area (Å²) in [6.07, 6.45) is 5.43. The van der Waals surface area contributed by atoms with Gasteiger partial charge in [-0.3, -0.25) is 4.90 Å². The molecule has 4 rings (SSSR count). The van der Waals surface area contributed by atoms with E-state index in [1.807, 2.05) is 4.90 Å². The third kappa shape index (κ3) is 5.51. The van der Waals surface area contributed by atoms with Gasteiger partial charge in [0.05, 0.1) is 6.54 Å². The molecule has 0 bridgehead atoms. The van der Waals surface area contributed by atoms with Crippen molar-refractivity contribution in [3.63, 3.8) is 0 Å². The predicted molar refractivity (Wildman–Crippen MR) is 129 cm³/mol. The molecule has 1 aliphatic heterocycles. The van der Waals surface area contributed by atoms with Gasteiger partial charge in [-0.15, -0.1) is 0 Å². The van der Waals surface area contributed by atoms with E-state index >= 15 is 0 Å². The van der Waals surface area contributed by atoms with Crippen molar-refractivity contribution in [2.75, 3.05) is 19.6 Å². The molecule has 172 valence electrons. The summed E-state index contributed by atoms with van der Waals surface area (Å²) >= 11 is 0. The molecule has 5 heteroatoms. The SMILES string of the molecule is CC(C)(CN)CNCc1cccc(-c2ccc(CN3CC4(CCCCC4)OC3=O)cc2)c1. The molecule has 3 N–H and O–H groups in total. The first-order valence-corrected chi connectivity index (χ1v) is 12.0. The van der Waals surface area contributed by atoms with Gasteiger partial charge in [-0.25, -0.2) is 4.79 Å². The topological polar surface area (TPSA) is 67.6 Å². The number of benzene rings is 2. The van der Waals surface area contributed by atoms with E-state index < -0.39 is 0 Å². The fourth-order valence-electron chi connectivity index (χ4n) is 4.77. The third-order valence-corrected chi connectivity index (χ3v) is 6.88. The molecule has 0 aromatic heterocycles. The minimum absolute atomic E-state index is 0.103. The maximum absolute atomic E-state index is 12.4. The normalized spacial score (nSPS) is 18.2. The third-order valence-electron chi connectivity index (χ3n) is 6.88. The number of carbonyl (C=O) groups excluding carboxylic acids is 1. The zero-order valence-corrected chi connectivity index (χ0v) is 19.5. The Balaban J connectivity index is 1.36. The van der Waals surface area contributed by atoms with Crippen LogP contribution in [0.4, 0.5) is 4.79 Å². The lowest BCUT2D eigenvalue weighted by Crippen LogP contribution is -2.36. The molecule has 1 saturated heterocycles. The molecule has 32 heavy (non-hydrogen) atoms. The number of nitrogens with one attached hydrogen (secondary N) is 1. The van der Waals surface area contributed by atoms with Crippen molar-refractivity contribution < 1.29 is 9.53 Å². The molecule has 1 spiro atoms. The van der Waals surface area contributed by atoms with E-state index in [1.165, 1.54) is 23.1 Å². The second kappa shape index (κ2) is 9.63. The molecule has 0 radical (unpaired) electrons. The maximum Gasteiger partial charge on any atom is 0.410 e. The van der Waals surface area contributed by atoms with Crippen LogP contribution in [0.15, 0.2) is 48.5 Å². The minimum Gasteiger partial charge on any atom is -0.441 e. The van der Waals surface area contributed by atoms with Gasteiger partial charge in [0.25, 0.3) is 0 Å². The van der Waals surface area contributed by atoms with Crippen LogP contribution < -0.4 is 11.1 Å². The Morgan fingerprint density at radius 3 is 2.50 bits per heavy atom. The Morgan fingerprint density at radius 2 is 1.78 bits per heavy atom. The number of hydrogen-bond acceptors (Lipinski definition) is 4. The highest BCUT2D eigenvalue weighted by atomic mass is 16.6. The van der Waals surface area contributed by atoms with Gasteiger partial charge in [0.15, 0.2) is 0 Å². The van der Waals surface area contributed by atoms with Crippen LogP contribution in [-0.2, 0) is 17.8 Å². The second-order valence-corrected chi connectivity index (χ2v) is 10.3. The van der Waals surface area contributed by atoms with Crippen LogP contribution in [0.2, 0.25) is 0 Å². The molecule has 0 atom stereocenters. The lowest BCUT2D eigenvalue weighted by molar-refractivity contribution is 0.0260. The fraction of sp³-hybridized carbons (Fsp3) is 0.519. The number of nitrogens with zero attached hydrogens (tertiary/aromatic N) is 1. The average Bonchev–Trinajstić information content (AvgIpc) is 3.08. The summed E-state index contributed by atoms with van der Waals surface area (Å²) in [6.45, 7) is 8.08. The summed E-state index contributed by atoms with van der Waals surface area (Å²) in [5.41, 5.74) is 10.5. The first-order valence-electron chi connectivity index (χ1n) is 12.0. The highest BCUT2D eigenvalue weighted by Gasteiger charge is 2.45. The molecule has 2 aromatic rings. The molecular weight excluding hydrogens is 398 g/mol. The highest BCUT2D eigenvalue weighted by Crippen LogP contribution is 2.37. The van der Waals surface area contributed by atoms with Crippen LogP contribution in [0.5, 0.6) is 0 Å². The molecule has 2 aromatic carbocycles. The number of amides is 1. The monoisotopic (exact) mass is 435 g/mol. The first kappa shape index (κ1) is 22.8. The van der Waals surface area contributed by atoms with E-state index in [0.717, 1.165) is 50.9 Å². The minimum atomic E-state index is -0.233. The Labute approximate surface area is 192 Å². The Morgan fingerprint density at radius 1 is 1.03 bits per heavy atom. The van der Waals surface area contributed by atoms with Crippen LogP contribution in [0.3, 0.4) is 0 Å². The zero-order valence-electron chi connectivity index (χ0n) is 19.5. The summed E-state index contributed by atoms with van der Waals surface area (Å²) in [5, 5.41) is 3.52. The molecule has 1 heterocycles. The number of hydrogen-bond donors (Lipinski definition) is 2. The number of ether oxygens (including phenoxy) is 1. The lowest BCUT2D eigenvalue weighted by atomic mass is 9.85. The quantitative estimate of drug-likeness (QED) is 0.606. The van der Waals surface area contributed by atoms with Crippen molar-refractivity contribution in [1.29, 1.82) is 0 Å². The highest BCUT2D eigenvalue weighted by molar-refractivity contribution is 5.71. The summed E-state index contributed by atoms with van der Waals surface area (Å²) in [4.78, 5) is 14.3. The molecule has 5 nitrogen and oxygen atoms in total. The van der Waals surface area contributed by atoms with Crippen LogP contribution >= 0.6 is 0 Å². The molecular formula is C27H37N3O2. The van der Waals surface area contributed by atoms with Gasteiger partial charge in [-0.2, -0.15) is 0 Å². The number of nitrogens with two attached hydrogens (primary N) is 1. The summed E-state index contributed by atoms with van der Waals surface area (Å²) in [5.74, 6) is 0.